The number of rotatable bonds is 8. The zero-order valence-electron chi connectivity index (χ0n) is 12.3. The van der Waals surface area contributed by atoms with Crippen molar-refractivity contribution in [3.8, 4) is 0 Å². The second-order valence-electron chi connectivity index (χ2n) is 4.67. The highest BCUT2D eigenvalue weighted by Gasteiger charge is 2.11. The maximum Gasteiger partial charge on any atom is 0.306 e. The fourth-order valence-corrected chi connectivity index (χ4v) is 1.92. The second-order valence-corrected chi connectivity index (χ2v) is 4.67. The summed E-state index contributed by atoms with van der Waals surface area (Å²) >= 11 is 0. The van der Waals surface area contributed by atoms with Crippen LogP contribution in [0.3, 0.4) is 0 Å². The molecule has 0 aromatic heterocycles. The number of benzene rings is 1. The first-order valence-corrected chi connectivity index (χ1v) is 6.60. The van der Waals surface area contributed by atoms with Crippen LogP contribution in [0.5, 0.6) is 0 Å². The second kappa shape index (κ2) is 8.66. The van der Waals surface area contributed by atoms with Crippen LogP contribution in [0.4, 0.5) is 4.39 Å². The molecular weight excluding hydrogens is 261 g/mol. The van der Waals surface area contributed by atoms with Crippen molar-refractivity contribution in [2.45, 2.75) is 19.9 Å². The smallest absolute Gasteiger partial charge is 0.306 e. The molecule has 20 heavy (non-hydrogen) atoms. The molecule has 0 aliphatic carbocycles. The fraction of sp³-hybridized carbons (Fsp3) is 0.533. The molecule has 0 atom stereocenters. The topological polar surface area (TPSA) is 38.8 Å². The van der Waals surface area contributed by atoms with Gasteiger partial charge in [0.2, 0.25) is 0 Å². The fourth-order valence-electron chi connectivity index (χ4n) is 1.92. The third-order valence-electron chi connectivity index (χ3n) is 3.17. The number of esters is 1. The molecular formula is C15H22FNO3. The average Bonchev–Trinajstić information content (AvgIpc) is 2.43. The van der Waals surface area contributed by atoms with Gasteiger partial charge in [0.15, 0.2) is 0 Å². The zero-order chi connectivity index (χ0) is 15.0. The van der Waals surface area contributed by atoms with Crippen molar-refractivity contribution >= 4 is 5.97 Å². The summed E-state index contributed by atoms with van der Waals surface area (Å²) in [5.41, 5.74) is 1.96. The molecule has 1 rings (SSSR count). The molecule has 0 heterocycles. The molecule has 0 unspecified atom stereocenters. The van der Waals surface area contributed by atoms with Crippen molar-refractivity contribution in [1.29, 1.82) is 0 Å². The van der Waals surface area contributed by atoms with Crippen LogP contribution >= 0.6 is 0 Å². The van der Waals surface area contributed by atoms with E-state index in [2.05, 4.69) is 9.64 Å². The van der Waals surface area contributed by atoms with Gasteiger partial charge in [-0.2, -0.15) is 0 Å². The van der Waals surface area contributed by atoms with Crippen LogP contribution in [-0.4, -0.2) is 44.8 Å². The van der Waals surface area contributed by atoms with Gasteiger partial charge in [-0.25, -0.2) is 4.39 Å². The molecule has 0 spiro atoms. The minimum atomic E-state index is -0.233. The van der Waals surface area contributed by atoms with Gasteiger partial charge in [-0.05, 0) is 30.2 Å². The third-order valence-corrected chi connectivity index (χ3v) is 3.17. The van der Waals surface area contributed by atoms with Crippen molar-refractivity contribution in [2.24, 2.45) is 0 Å². The number of nitrogens with zero attached hydrogens (tertiary/aromatic N) is 1. The normalized spacial score (nSPS) is 10.8. The highest BCUT2D eigenvalue weighted by molar-refractivity contribution is 5.69. The monoisotopic (exact) mass is 283 g/mol. The summed E-state index contributed by atoms with van der Waals surface area (Å²) in [6.45, 7) is 4.43. The molecule has 0 fully saturated rings. The van der Waals surface area contributed by atoms with Gasteiger partial charge >= 0.3 is 5.97 Å². The number of ether oxygens (including phenoxy) is 2. The zero-order valence-corrected chi connectivity index (χ0v) is 12.3. The first-order valence-electron chi connectivity index (χ1n) is 6.60. The van der Waals surface area contributed by atoms with Crippen molar-refractivity contribution in [1.82, 2.24) is 4.90 Å². The summed E-state index contributed by atoms with van der Waals surface area (Å²) in [6, 6.07) is 4.75. The molecule has 4 nitrogen and oxygen atoms in total. The van der Waals surface area contributed by atoms with E-state index < -0.39 is 0 Å². The summed E-state index contributed by atoms with van der Waals surface area (Å²) in [5, 5.41) is 0. The van der Waals surface area contributed by atoms with Crippen LogP contribution in [0.25, 0.3) is 0 Å². The van der Waals surface area contributed by atoms with Gasteiger partial charge in [-0.15, -0.1) is 0 Å². The Balaban J connectivity index is 2.65. The standard InChI is InChI=1S/C15H22FNO3/c1-12-10-14(16)5-4-13(12)11-17(8-9-19-2)7-6-15(18)20-3/h4-5,10H,6-9,11H2,1-3H3. The Kier molecular flexibility index (Phi) is 7.18. The molecule has 0 saturated carbocycles. The number of hydrogen-bond acceptors (Lipinski definition) is 4. The molecule has 0 amide bonds. The molecule has 0 N–H and O–H groups in total. The van der Waals surface area contributed by atoms with E-state index in [1.54, 1.807) is 13.2 Å². The molecule has 5 heteroatoms. The van der Waals surface area contributed by atoms with Crippen molar-refractivity contribution < 1.29 is 18.7 Å². The lowest BCUT2D eigenvalue weighted by Gasteiger charge is -2.22. The molecule has 1 aromatic rings. The van der Waals surface area contributed by atoms with E-state index in [1.165, 1.54) is 19.2 Å². The van der Waals surface area contributed by atoms with Crippen LogP contribution in [0, 0.1) is 12.7 Å². The van der Waals surface area contributed by atoms with Crippen molar-refractivity contribution in [3.05, 3.63) is 35.1 Å². The van der Waals surface area contributed by atoms with Crippen molar-refractivity contribution in [3.63, 3.8) is 0 Å². The number of aryl methyl sites for hydroxylation is 1. The number of carbonyl (C=O) groups excluding carboxylic acids is 1. The van der Waals surface area contributed by atoms with Crippen LogP contribution in [0.1, 0.15) is 17.5 Å². The Hall–Kier alpha value is -1.46. The van der Waals surface area contributed by atoms with E-state index in [4.69, 9.17) is 4.74 Å². The van der Waals surface area contributed by atoms with Crippen LogP contribution in [0.15, 0.2) is 18.2 Å². The predicted molar refractivity (Wildman–Crippen MR) is 74.9 cm³/mol. The lowest BCUT2D eigenvalue weighted by Crippen LogP contribution is -2.30. The SMILES string of the molecule is COCCN(CCC(=O)OC)Cc1ccc(F)cc1C. The number of halogens is 1. The minimum Gasteiger partial charge on any atom is -0.469 e. The Morgan fingerprint density at radius 2 is 2.05 bits per heavy atom. The lowest BCUT2D eigenvalue weighted by atomic mass is 10.1. The van der Waals surface area contributed by atoms with Gasteiger partial charge in [0, 0.05) is 26.7 Å². The van der Waals surface area contributed by atoms with Gasteiger partial charge in [0.1, 0.15) is 5.82 Å². The predicted octanol–water partition coefficient (Wildman–Crippen LogP) is 2.15. The minimum absolute atomic E-state index is 0.232. The molecule has 0 radical (unpaired) electrons. The summed E-state index contributed by atoms with van der Waals surface area (Å²) in [6.07, 6.45) is 0.334. The lowest BCUT2D eigenvalue weighted by molar-refractivity contribution is -0.141. The quantitative estimate of drug-likeness (QED) is 0.685. The van der Waals surface area contributed by atoms with Crippen molar-refractivity contribution in [2.75, 3.05) is 33.9 Å². The molecule has 0 aliphatic rings. The first kappa shape index (κ1) is 16.6. The highest BCUT2D eigenvalue weighted by Crippen LogP contribution is 2.13. The largest absolute Gasteiger partial charge is 0.469 e. The van der Waals surface area contributed by atoms with E-state index in [0.717, 1.165) is 11.1 Å². The van der Waals surface area contributed by atoms with Gasteiger partial charge in [0.25, 0.3) is 0 Å². The van der Waals surface area contributed by atoms with Gasteiger partial charge in [-0.1, -0.05) is 6.07 Å². The van der Waals surface area contributed by atoms with E-state index in [0.29, 0.717) is 32.7 Å². The van der Waals surface area contributed by atoms with E-state index in [1.807, 2.05) is 6.92 Å². The summed E-state index contributed by atoms with van der Waals surface area (Å²) in [5.74, 6) is -0.465. The molecule has 1 aromatic carbocycles. The highest BCUT2D eigenvalue weighted by atomic mass is 19.1. The molecule has 0 saturated heterocycles. The number of carbonyl (C=O) groups is 1. The Morgan fingerprint density at radius 1 is 1.30 bits per heavy atom. The van der Waals surface area contributed by atoms with E-state index in [-0.39, 0.29) is 11.8 Å². The Labute approximate surface area is 119 Å². The number of methoxy groups -OCH3 is 2. The summed E-state index contributed by atoms with van der Waals surface area (Å²) in [7, 11) is 3.02. The molecule has 112 valence electrons. The summed E-state index contributed by atoms with van der Waals surface area (Å²) in [4.78, 5) is 13.3. The van der Waals surface area contributed by atoms with Gasteiger partial charge < -0.3 is 9.47 Å². The van der Waals surface area contributed by atoms with Gasteiger partial charge in [-0.3, -0.25) is 9.69 Å². The molecule has 0 bridgehead atoms. The Bertz CT molecular complexity index is 437. The summed E-state index contributed by atoms with van der Waals surface area (Å²) < 4.78 is 22.8. The van der Waals surface area contributed by atoms with Crippen LogP contribution in [0.2, 0.25) is 0 Å². The van der Waals surface area contributed by atoms with Crippen LogP contribution < -0.4 is 0 Å². The Morgan fingerprint density at radius 3 is 2.65 bits per heavy atom. The van der Waals surface area contributed by atoms with E-state index >= 15 is 0 Å². The third kappa shape index (κ3) is 5.67. The average molecular weight is 283 g/mol. The van der Waals surface area contributed by atoms with Gasteiger partial charge in [0.05, 0.1) is 20.1 Å². The van der Waals surface area contributed by atoms with E-state index in [9.17, 15) is 9.18 Å². The maximum atomic E-state index is 13.1. The maximum absolute atomic E-state index is 13.1. The molecule has 0 aliphatic heterocycles. The number of hydrogen-bond donors (Lipinski definition) is 0. The first-order chi connectivity index (χ1) is 9.56. The van der Waals surface area contributed by atoms with Crippen LogP contribution in [-0.2, 0) is 20.8 Å².